The molecule has 0 amide bonds. The molecule has 0 spiro atoms. The van der Waals surface area contributed by atoms with Gasteiger partial charge in [0.2, 0.25) is 0 Å². The molecule has 21 heterocycles. The number of carboxylic acids is 7. The van der Waals surface area contributed by atoms with Crippen LogP contribution in [0, 0.1) is 0 Å². The van der Waals surface area contributed by atoms with Crippen molar-refractivity contribution in [3.05, 3.63) is 0 Å². The summed E-state index contributed by atoms with van der Waals surface area (Å²) in [6.45, 7) is 0. The Kier molecular flexibility index (Phi) is 43.7. The van der Waals surface area contributed by atoms with Gasteiger partial charge in [0.25, 0.3) is 0 Å². The van der Waals surface area contributed by atoms with Crippen LogP contribution in [0.3, 0.4) is 0 Å². The van der Waals surface area contributed by atoms with Gasteiger partial charge in [-0.25, -0.2) is 0 Å². The van der Waals surface area contributed by atoms with E-state index in [1.807, 2.05) is 0 Å². The summed E-state index contributed by atoms with van der Waals surface area (Å²) in [4.78, 5) is 81.2. The van der Waals surface area contributed by atoms with Gasteiger partial charge in [0, 0.05) is 85.2 Å². The molecule has 21 aliphatic heterocycles. The molecule has 0 aromatic rings. The number of ether oxygens (including phenoxy) is 14. The molecule has 0 aliphatic carbocycles. The van der Waals surface area contributed by atoms with Crippen LogP contribution in [-0.4, -0.2) is 445 Å². The smallest absolute Gasteiger partial charge is 0.303 e. The average Bonchev–Trinajstić information content (AvgIpc) is 0.957. The molecule has 21 aliphatic rings. The predicted molar refractivity (Wildman–Crippen MR) is 418 cm³/mol. The Morgan fingerprint density at radius 3 is 0.387 bits per heavy atom. The number of carbonyl (C=O) groups is 7. The number of thioether (sulfide) groups is 7. The molecular formula is C70H112O42S7. The summed E-state index contributed by atoms with van der Waals surface area (Å²) in [5, 5.41) is 238. The summed E-state index contributed by atoms with van der Waals surface area (Å²) in [5.41, 5.74) is 0. The van der Waals surface area contributed by atoms with Crippen LogP contribution in [-0.2, 0) is 99.9 Å². The van der Waals surface area contributed by atoms with E-state index in [0.717, 1.165) is 82.3 Å². The van der Waals surface area contributed by atoms with Crippen LogP contribution in [0.15, 0.2) is 0 Å². The first-order chi connectivity index (χ1) is 56.6. The van der Waals surface area contributed by atoms with E-state index in [9.17, 15) is 141 Å². The highest BCUT2D eigenvalue weighted by atomic mass is 32.2. The van der Waals surface area contributed by atoms with E-state index in [4.69, 9.17) is 66.3 Å². The molecule has 21 fully saturated rings. The lowest BCUT2D eigenvalue weighted by atomic mass is 9.95. The molecule has 0 unspecified atom stereocenters. The molecule has 686 valence electrons. The Labute approximate surface area is 712 Å². The lowest BCUT2D eigenvalue weighted by Gasteiger charge is -2.50. The lowest BCUT2D eigenvalue weighted by Crippen LogP contribution is -2.68. The third kappa shape index (κ3) is 30.4. The fourth-order valence-corrected chi connectivity index (χ4v) is 21.1. The summed E-state index contributed by atoms with van der Waals surface area (Å²) in [5.74, 6) is -8.74. The van der Waals surface area contributed by atoms with Gasteiger partial charge in [-0.3, -0.25) is 33.6 Å². The van der Waals surface area contributed by atoms with Gasteiger partial charge in [-0.05, 0) is 85.2 Å². The maximum atomic E-state index is 12.3. The van der Waals surface area contributed by atoms with Gasteiger partial charge in [-0.1, -0.05) is 0 Å². The third-order valence-electron chi connectivity index (χ3n) is 20.3. The van der Waals surface area contributed by atoms with Crippen LogP contribution in [0.25, 0.3) is 0 Å². The molecule has 14 bridgehead atoms. The van der Waals surface area contributed by atoms with Gasteiger partial charge in [0.1, 0.15) is 128 Å². The predicted octanol–water partition coefficient (Wildman–Crippen LogP) is -3.99. The highest BCUT2D eigenvalue weighted by Gasteiger charge is 2.60. The number of hydrogen-bond acceptors (Lipinski definition) is 42. The SMILES string of the molecule is O=C(O)CCCSC[C@H]1O[C@@H]2O[C@H]3[C@H](O)[C@@H](O)[C@@H](O[C@H]4[C@H](O)[C@@H](O)[C@@H](O[C@H]5[C@H](O)[C@@H](O)[C@@H](O[C@H]6[C@H](O)[C@@H](O)[C@@H](O[C@H]7[C@H](O)[C@@H](O)[C@@H](O[C@H]8[C@H](O)[C@@H](O)[C@@H](O[C@H]1[C@H](O)[C@H]2O)O[C@@H]8CSCCCC(=O)O)O[C@@H]7CSCCCC(=O)O)O[C@@H]6CSCCCC(=O)O)O[C@@H]5CSCCCC(=O)O)O[C@@H]4CSCCCC(=O)O)O[C@@H]3CSCCCC(=O)O. The van der Waals surface area contributed by atoms with E-state index in [1.54, 1.807) is 0 Å². The van der Waals surface area contributed by atoms with Gasteiger partial charge in [0.15, 0.2) is 44.0 Å². The fourth-order valence-electron chi connectivity index (χ4n) is 14.0. The molecule has 21 N–H and O–H groups in total. The number of aliphatic hydroxyl groups excluding tert-OH is 14. The first kappa shape index (κ1) is 102. The van der Waals surface area contributed by atoms with Crippen molar-refractivity contribution in [2.45, 2.75) is 305 Å². The normalized spacial score (nSPS) is 39.8. The van der Waals surface area contributed by atoms with Crippen molar-refractivity contribution in [2.75, 3.05) is 80.5 Å². The summed E-state index contributed by atoms with van der Waals surface area (Å²) >= 11 is 7.45. The largest absolute Gasteiger partial charge is 0.481 e. The molecule has 0 radical (unpaired) electrons. The number of rotatable bonds is 42. The van der Waals surface area contributed by atoms with Crippen molar-refractivity contribution >= 4 is 124 Å². The average molecular weight is 1850 g/mol. The quantitative estimate of drug-likeness (QED) is 0.0259. The molecule has 21 rings (SSSR count). The monoisotopic (exact) mass is 1850 g/mol. The van der Waals surface area contributed by atoms with E-state index in [-0.39, 0.29) is 170 Å². The van der Waals surface area contributed by atoms with Crippen LogP contribution in [0.5, 0.6) is 0 Å². The Morgan fingerprint density at radius 1 is 0.176 bits per heavy atom. The topological polar surface area (TPSA) is 674 Å². The van der Waals surface area contributed by atoms with E-state index >= 15 is 0 Å². The van der Waals surface area contributed by atoms with E-state index < -0.39 is 257 Å². The summed E-state index contributed by atoms with van der Waals surface area (Å²) in [6, 6.07) is 0. The number of carboxylic acid groups (broad SMARTS) is 7. The Balaban J connectivity index is 1.22. The minimum absolute atomic E-state index is 0.0923. The van der Waals surface area contributed by atoms with Gasteiger partial charge in [-0.2, -0.15) is 82.3 Å². The zero-order valence-corrected chi connectivity index (χ0v) is 70.0. The second kappa shape index (κ2) is 51.0. The fraction of sp³-hybridized carbons (Fsp3) is 0.900. The minimum Gasteiger partial charge on any atom is -0.481 e. The van der Waals surface area contributed by atoms with Crippen molar-refractivity contribution in [1.29, 1.82) is 0 Å². The van der Waals surface area contributed by atoms with E-state index in [2.05, 4.69) is 0 Å². The van der Waals surface area contributed by atoms with Gasteiger partial charge in [-0.15, -0.1) is 0 Å². The summed E-state index contributed by atoms with van der Waals surface area (Å²) < 4.78 is 89.0. The molecule has 0 aromatic carbocycles. The van der Waals surface area contributed by atoms with Crippen LogP contribution < -0.4 is 0 Å². The van der Waals surface area contributed by atoms with E-state index in [1.165, 1.54) is 0 Å². The Bertz CT molecular complexity index is 2550. The standard InChI is InChI=1S/C70H112O42S7/c71-36(72)8-1-15-113-22-29-57-43(85)50(92)64(99-29)107-58-30(23-114-16-2-9-37(73)74)101-66(52(94)45(58)87)109-60-32(25-116-18-4-11-39(77)78)103-68(54(96)47(60)89)111-62-34(27-118-20-6-13-41(81)82)105-70(56(98)49(62)91)112-63-35(28-119-21-7-14-42(83)84)104-69(55(97)48(63)90)110-61-33(26-117-19-5-12-40(79)80)102-67(53(95)46(61)88)108-59-31(24-115-17-3-10-38(75)76)100-65(106-57)51(93)44(59)86/h29-35,43-70,85-98H,1-28H2,(H,71,72)(H,73,74)(H,75,76)(H,77,78)(H,79,80)(H,81,82)(H,83,84)/t29-,30-,31-,32-,33-,34-,35-,43-,44-,45-,46-,47-,48-,49-,50-,51-,52-,53-,54-,55-,56-,57-,58-,59-,60-,61-,62-,63-,64-,65-,66-,67-,68-,69-,70-/m1/s1. The molecule has 0 aromatic heterocycles. The third-order valence-corrected chi connectivity index (χ3v) is 28.2. The first-order valence-electron chi connectivity index (χ1n) is 38.9. The molecule has 0 saturated carbocycles. The number of hydrogen-bond donors (Lipinski definition) is 21. The van der Waals surface area contributed by atoms with Crippen LogP contribution in [0.4, 0.5) is 0 Å². The summed E-state index contributed by atoms with van der Waals surface area (Å²) in [7, 11) is 0. The van der Waals surface area contributed by atoms with Crippen molar-refractivity contribution in [3.63, 3.8) is 0 Å². The summed E-state index contributed by atoms with van der Waals surface area (Å²) in [6.07, 6.45) is -69.5. The molecular weight excluding hydrogens is 1740 g/mol. The highest BCUT2D eigenvalue weighted by Crippen LogP contribution is 2.42. The second-order valence-corrected chi connectivity index (χ2v) is 37.4. The molecule has 42 nitrogen and oxygen atoms in total. The Hall–Kier alpha value is -2.38. The number of aliphatic hydroxyl groups is 14. The van der Waals surface area contributed by atoms with Crippen LogP contribution in [0.1, 0.15) is 89.9 Å². The van der Waals surface area contributed by atoms with Gasteiger partial charge < -0.3 is 174 Å². The second-order valence-electron chi connectivity index (χ2n) is 29.4. The van der Waals surface area contributed by atoms with Crippen LogP contribution >= 0.6 is 82.3 Å². The van der Waals surface area contributed by atoms with Gasteiger partial charge >= 0.3 is 41.8 Å². The minimum atomic E-state index is -2.23. The van der Waals surface area contributed by atoms with Crippen molar-refractivity contribution in [3.8, 4) is 0 Å². The zero-order valence-electron chi connectivity index (χ0n) is 64.3. The maximum absolute atomic E-state index is 12.3. The Morgan fingerprint density at radius 2 is 0.286 bits per heavy atom. The van der Waals surface area contributed by atoms with Crippen molar-refractivity contribution < 1.29 is 207 Å². The van der Waals surface area contributed by atoms with Crippen molar-refractivity contribution in [2.24, 2.45) is 0 Å². The van der Waals surface area contributed by atoms with E-state index in [0.29, 0.717) is 0 Å². The van der Waals surface area contributed by atoms with Crippen molar-refractivity contribution in [1.82, 2.24) is 0 Å². The molecule has 35 atom stereocenters. The zero-order chi connectivity index (χ0) is 86.9. The lowest BCUT2D eigenvalue weighted by molar-refractivity contribution is -0.389. The maximum Gasteiger partial charge on any atom is 0.303 e. The first-order valence-corrected chi connectivity index (χ1v) is 47.0. The highest BCUT2D eigenvalue weighted by molar-refractivity contribution is 8.00. The molecule has 21 saturated heterocycles. The van der Waals surface area contributed by atoms with Crippen LogP contribution in [0.2, 0.25) is 0 Å². The molecule has 49 heteroatoms. The molecule has 119 heavy (non-hydrogen) atoms. The van der Waals surface area contributed by atoms with Gasteiger partial charge in [0.05, 0.1) is 42.7 Å². The number of aliphatic carboxylic acids is 7.